The van der Waals surface area contributed by atoms with Gasteiger partial charge < -0.3 is 15.1 Å². The van der Waals surface area contributed by atoms with Gasteiger partial charge in [-0.3, -0.25) is 4.79 Å². The summed E-state index contributed by atoms with van der Waals surface area (Å²) in [4.78, 5) is 28.3. The van der Waals surface area contributed by atoms with Gasteiger partial charge in [0.2, 0.25) is 5.91 Å². The number of anilines is 1. The van der Waals surface area contributed by atoms with Crippen molar-refractivity contribution < 1.29 is 19.8 Å². The molecule has 7 nitrogen and oxygen atoms in total. The van der Waals surface area contributed by atoms with Gasteiger partial charge in [0.15, 0.2) is 0 Å². The van der Waals surface area contributed by atoms with Crippen LogP contribution in [0.25, 0.3) is 0 Å². The molecule has 4 aromatic rings. The quantitative estimate of drug-likeness (QED) is 0.164. The van der Waals surface area contributed by atoms with Gasteiger partial charge in [-0.15, -0.1) is 0 Å². The number of amides is 1. The van der Waals surface area contributed by atoms with Crippen LogP contribution in [0.15, 0.2) is 95.9 Å². The predicted molar refractivity (Wildman–Crippen MR) is 177 cm³/mol. The Morgan fingerprint density at radius 3 is 2.29 bits per heavy atom. The first-order chi connectivity index (χ1) is 21.8. The van der Waals surface area contributed by atoms with Gasteiger partial charge >= 0.3 is 5.97 Å². The first-order valence-corrected chi connectivity index (χ1v) is 16.0. The van der Waals surface area contributed by atoms with Gasteiger partial charge in [0.25, 0.3) is 0 Å². The number of nitriles is 1. The zero-order valence-corrected chi connectivity index (χ0v) is 26.2. The van der Waals surface area contributed by atoms with Crippen LogP contribution in [0, 0.1) is 18.3 Å². The van der Waals surface area contributed by atoms with Crippen molar-refractivity contribution in [3.8, 4) is 11.8 Å². The van der Waals surface area contributed by atoms with Crippen LogP contribution in [-0.4, -0.2) is 32.9 Å². The summed E-state index contributed by atoms with van der Waals surface area (Å²) in [5.74, 6) is -1.32. The molecule has 1 aliphatic carbocycles. The Morgan fingerprint density at radius 1 is 0.911 bits per heavy atom. The maximum atomic E-state index is 14.2. The van der Waals surface area contributed by atoms with Gasteiger partial charge in [-0.25, -0.2) is 9.10 Å². The first kappa shape index (κ1) is 31.8. The van der Waals surface area contributed by atoms with E-state index in [9.17, 15) is 25.1 Å². The maximum Gasteiger partial charge on any atom is 0.339 e. The summed E-state index contributed by atoms with van der Waals surface area (Å²) in [6, 6.07) is 30.3. The van der Waals surface area contributed by atoms with Crippen LogP contribution in [-0.2, 0) is 17.9 Å². The molecule has 0 spiro atoms. The van der Waals surface area contributed by atoms with Gasteiger partial charge in [-0.05, 0) is 84.7 Å². The minimum atomic E-state index is -1.24. The third kappa shape index (κ3) is 8.33. The molecule has 0 aromatic heterocycles. The van der Waals surface area contributed by atoms with Crippen molar-refractivity contribution in [2.24, 2.45) is 0 Å². The van der Waals surface area contributed by atoms with Gasteiger partial charge in [-0.2, -0.15) is 5.26 Å². The van der Waals surface area contributed by atoms with Gasteiger partial charge in [0.05, 0.1) is 24.7 Å². The molecule has 1 fully saturated rings. The molecule has 230 valence electrons. The molecule has 0 aliphatic heterocycles. The second-order valence-corrected chi connectivity index (χ2v) is 12.7. The highest BCUT2D eigenvalue weighted by molar-refractivity contribution is 7.97. The molecule has 0 saturated heterocycles. The Hall–Kier alpha value is -4.58. The lowest BCUT2D eigenvalue weighted by molar-refractivity contribution is -0.118. The number of carbonyl (C=O) groups excluding carboxylic acids is 1. The fourth-order valence-corrected chi connectivity index (χ4v) is 6.70. The van der Waals surface area contributed by atoms with Crippen LogP contribution in [0.5, 0.6) is 5.75 Å². The fourth-order valence-electron chi connectivity index (χ4n) is 5.77. The van der Waals surface area contributed by atoms with Gasteiger partial charge in [0, 0.05) is 23.2 Å². The molecule has 0 atom stereocenters. The zero-order valence-electron chi connectivity index (χ0n) is 25.4. The molecular weight excluding hydrogens is 582 g/mol. The molecule has 0 bridgehead atoms. The summed E-state index contributed by atoms with van der Waals surface area (Å²) in [5.41, 5.74) is 4.89. The van der Waals surface area contributed by atoms with Gasteiger partial charge in [0.1, 0.15) is 11.3 Å². The van der Waals surface area contributed by atoms with E-state index in [1.165, 1.54) is 61.7 Å². The number of aromatic hydroxyl groups is 1. The number of rotatable bonds is 11. The lowest BCUT2D eigenvalue weighted by atomic mass is 9.84. The minimum Gasteiger partial charge on any atom is -0.507 e. The third-order valence-corrected chi connectivity index (χ3v) is 9.27. The fraction of sp³-hybridized carbons (Fsp3) is 0.270. The summed E-state index contributed by atoms with van der Waals surface area (Å²) in [6.45, 7) is 2.61. The van der Waals surface area contributed by atoms with E-state index >= 15 is 0 Å². The van der Waals surface area contributed by atoms with E-state index < -0.39 is 11.7 Å². The normalized spacial score (nSPS) is 13.4. The number of nitrogens with zero attached hydrogens (tertiary/aromatic N) is 3. The van der Waals surface area contributed by atoms with Crippen LogP contribution < -0.4 is 4.90 Å². The van der Waals surface area contributed by atoms with Crippen molar-refractivity contribution in [1.29, 1.82) is 5.26 Å². The minimum absolute atomic E-state index is 0.0000918. The Bertz CT molecular complexity index is 1680. The number of carbonyl (C=O) groups is 2. The summed E-state index contributed by atoms with van der Waals surface area (Å²) in [7, 11) is 0. The number of aryl methyl sites for hydroxylation is 1. The number of aromatic carboxylic acids is 1. The molecule has 5 rings (SSSR count). The van der Waals surface area contributed by atoms with Crippen molar-refractivity contribution in [3.63, 3.8) is 0 Å². The topological polar surface area (TPSA) is 105 Å². The Labute approximate surface area is 268 Å². The highest BCUT2D eigenvalue weighted by Crippen LogP contribution is 2.33. The lowest BCUT2D eigenvalue weighted by Crippen LogP contribution is -2.38. The third-order valence-electron chi connectivity index (χ3n) is 8.27. The van der Waals surface area contributed by atoms with Crippen molar-refractivity contribution in [3.05, 3.63) is 124 Å². The molecule has 4 aromatic carbocycles. The molecule has 1 aliphatic rings. The molecule has 0 radical (unpaired) electrons. The smallest absolute Gasteiger partial charge is 0.339 e. The number of hydrogen-bond acceptors (Lipinski definition) is 6. The van der Waals surface area contributed by atoms with Crippen LogP contribution in [0.3, 0.4) is 0 Å². The van der Waals surface area contributed by atoms with Crippen LogP contribution in [0.4, 0.5) is 5.69 Å². The monoisotopic (exact) mass is 619 g/mol. The molecule has 1 saturated carbocycles. The van der Waals surface area contributed by atoms with Crippen LogP contribution in [0.1, 0.15) is 76.2 Å². The molecule has 8 heteroatoms. The second kappa shape index (κ2) is 14.9. The molecule has 45 heavy (non-hydrogen) atoms. The largest absolute Gasteiger partial charge is 0.507 e. The van der Waals surface area contributed by atoms with Crippen LogP contribution in [0.2, 0.25) is 0 Å². The number of benzene rings is 4. The van der Waals surface area contributed by atoms with E-state index in [0.717, 1.165) is 21.6 Å². The maximum absolute atomic E-state index is 14.2. The molecule has 0 heterocycles. The average Bonchev–Trinajstić information content (AvgIpc) is 3.05. The van der Waals surface area contributed by atoms with E-state index in [2.05, 4.69) is 30.3 Å². The number of carboxylic acids is 1. The number of hydrogen-bond donors (Lipinski definition) is 2. The zero-order chi connectivity index (χ0) is 31.8. The Morgan fingerprint density at radius 2 is 1.62 bits per heavy atom. The SMILES string of the molecule is Cc1ccc(SN(CC(=O)N(Cc2ccc(C3CCCCC3)cc2)c2ccc(C(=O)O)c(O)c2)Cc2ccccc2C#N)cc1. The second-order valence-electron chi connectivity index (χ2n) is 11.5. The molecule has 1 amide bonds. The summed E-state index contributed by atoms with van der Waals surface area (Å²) >= 11 is 1.44. The average molecular weight is 620 g/mol. The van der Waals surface area contributed by atoms with Crippen molar-refractivity contribution in [2.75, 3.05) is 11.4 Å². The lowest BCUT2D eigenvalue weighted by Gasteiger charge is -2.28. The highest BCUT2D eigenvalue weighted by atomic mass is 32.2. The molecular formula is C37H37N3O4S. The standard InChI is InChI=1S/C37H37N3O4S/c1-26-11-18-33(19-12-26)45-39(24-31-10-6-5-9-30(31)22-38)25-36(42)40(32-17-20-34(37(43)44)35(41)21-32)23-27-13-15-29(16-14-27)28-7-3-2-4-8-28/h5-6,9-21,28,41H,2-4,7-8,23-25H2,1H3,(H,43,44). The van der Waals surface area contributed by atoms with E-state index in [1.807, 2.05) is 53.7 Å². The summed E-state index contributed by atoms with van der Waals surface area (Å²) < 4.78 is 1.92. The van der Waals surface area contributed by atoms with Crippen LogP contribution >= 0.6 is 11.9 Å². The van der Waals surface area contributed by atoms with Gasteiger partial charge in [-0.1, -0.05) is 79.4 Å². The van der Waals surface area contributed by atoms with E-state index in [0.29, 0.717) is 23.7 Å². The van der Waals surface area contributed by atoms with E-state index in [-0.39, 0.29) is 24.6 Å². The van der Waals surface area contributed by atoms with Crippen molar-refractivity contribution in [1.82, 2.24) is 4.31 Å². The Kier molecular flexibility index (Phi) is 10.6. The van der Waals surface area contributed by atoms with Crippen molar-refractivity contribution >= 4 is 29.5 Å². The highest BCUT2D eigenvalue weighted by Gasteiger charge is 2.24. The molecule has 2 N–H and O–H groups in total. The number of phenols is 1. The summed E-state index contributed by atoms with van der Waals surface area (Å²) in [6.07, 6.45) is 6.19. The Balaban J connectivity index is 1.44. The van der Waals surface area contributed by atoms with E-state index in [1.54, 1.807) is 17.0 Å². The predicted octanol–water partition coefficient (Wildman–Crippen LogP) is 8.06. The summed E-state index contributed by atoms with van der Waals surface area (Å²) in [5, 5.41) is 29.7. The van der Waals surface area contributed by atoms with E-state index in [4.69, 9.17) is 0 Å². The first-order valence-electron chi connectivity index (χ1n) is 15.2. The molecule has 0 unspecified atom stereocenters. The van der Waals surface area contributed by atoms with Crippen molar-refractivity contribution in [2.45, 2.75) is 62.9 Å². The number of carboxylic acid groups (broad SMARTS) is 1.